The van der Waals surface area contributed by atoms with E-state index in [2.05, 4.69) is 245 Å². The fourth-order valence-electron chi connectivity index (χ4n) is 11.3. The van der Waals surface area contributed by atoms with Gasteiger partial charge in [0.15, 0.2) is 5.82 Å². The zero-order valence-corrected chi connectivity index (χ0v) is 38.0. The molecular weight excluding hydrogens is 811 g/mol. The minimum Gasteiger partial charge on any atom is -0.309 e. The van der Waals surface area contributed by atoms with Gasteiger partial charge in [0.05, 0.1) is 22.4 Å². The summed E-state index contributed by atoms with van der Waals surface area (Å²) in [7, 11) is 0. The van der Waals surface area contributed by atoms with Crippen molar-refractivity contribution in [3.05, 3.63) is 235 Å². The average molecular weight is 858 g/mol. The van der Waals surface area contributed by atoms with Gasteiger partial charge in [-0.25, -0.2) is 9.97 Å². The van der Waals surface area contributed by atoms with E-state index in [0.29, 0.717) is 5.82 Å². The van der Waals surface area contributed by atoms with Crippen LogP contribution in [0, 0.1) is 0 Å². The Morgan fingerprint density at radius 2 is 0.791 bits per heavy atom. The number of fused-ring (bicyclic) bond motifs is 9. The van der Waals surface area contributed by atoms with Crippen molar-refractivity contribution in [2.75, 3.05) is 0 Å². The number of para-hydroxylation sites is 2. The van der Waals surface area contributed by atoms with E-state index < -0.39 is 0 Å². The largest absolute Gasteiger partial charge is 0.309 e. The first-order chi connectivity index (χ1) is 32.7. The van der Waals surface area contributed by atoms with E-state index in [0.717, 1.165) is 50.5 Å². The van der Waals surface area contributed by atoms with Gasteiger partial charge in [-0.2, -0.15) is 0 Å². The van der Waals surface area contributed by atoms with Crippen molar-refractivity contribution < 1.29 is 0 Å². The van der Waals surface area contributed by atoms with Crippen LogP contribution in [0.4, 0.5) is 0 Å². The number of hydrogen-bond donors (Lipinski definition) is 0. The molecule has 0 aliphatic heterocycles. The maximum atomic E-state index is 5.42. The summed E-state index contributed by atoms with van der Waals surface area (Å²) in [5, 5.41) is 2.45. The summed E-state index contributed by atoms with van der Waals surface area (Å²) in [5.74, 6) is 0.704. The second-order valence-corrected chi connectivity index (χ2v) is 19.4. The molecule has 0 atom stereocenters. The van der Waals surface area contributed by atoms with Crippen molar-refractivity contribution in [3.63, 3.8) is 0 Å². The molecule has 9 aromatic carbocycles. The molecule has 0 saturated carbocycles. The molecule has 67 heavy (non-hydrogen) atoms. The fourth-order valence-corrected chi connectivity index (χ4v) is 11.3. The summed E-state index contributed by atoms with van der Waals surface area (Å²) in [5.41, 5.74) is 23.4. The van der Waals surface area contributed by atoms with E-state index in [4.69, 9.17) is 9.97 Å². The van der Waals surface area contributed by atoms with Gasteiger partial charge in [0.1, 0.15) is 0 Å². The molecule has 0 bridgehead atoms. The van der Waals surface area contributed by atoms with Crippen LogP contribution in [0.25, 0.3) is 106 Å². The van der Waals surface area contributed by atoms with Gasteiger partial charge in [-0.05, 0) is 133 Å². The Morgan fingerprint density at radius 3 is 1.46 bits per heavy atom. The normalized spacial score (nSPS) is 13.9. The molecule has 11 aromatic rings. The Hall–Kier alpha value is -8.14. The highest BCUT2D eigenvalue weighted by atomic mass is 15.0. The van der Waals surface area contributed by atoms with Crippen molar-refractivity contribution in [2.24, 2.45) is 0 Å². The summed E-state index contributed by atoms with van der Waals surface area (Å²) in [6.07, 6.45) is 0. The highest BCUT2D eigenvalue weighted by molar-refractivity contribution is 6.10. The smallest absolute Gasteiger partial charge is 0.160 e. The van der Waals surface area contributed by atoms with E-state index in [-0.39, 0.29) is 10.8 Å². The first-order valence-electron chi connectivity index (χ1n) is 23.4. The summed E-state index contributed by atoms with van der Waals surface area (Å²) < 4.78 is 2.38. The van der Waals surface area contributed by atoms with Crippen molar-refractivity contribution >= 4 is 21.8 Å². The van der Waals surface area contributed by atoms with E-state index in [1.807, 2.05) is 0 Å². The molecule has 0 N–H and O–H groups in total. The number of nitrogens with zero attached hydrogens (tertiary/aromatic N) is 3. The second-order valence-electron chi connectivity index (χ2n) is 19.4. The first-order valence-corrected chi connectivity index (χ1v) is 23.4. The van der Waals surface area contributed by atoms with Crippen LogP contribution in [-0.2, 0) is 10.8 Å². The predicted molar refractivity (Wildman–Crippen MR) is 279 cm³/mol. The van der Waals surface area contributed by atoms with E-state index in [9.17, 15) is 0 Å². The van der Waals surface area contributed by atoms with Crippen LogP contribution in [0.3, 0.4) is 0 Å². The molecule has 318 valence electrons. The molecule has 3 nitrogen and oxygen atoms in total. The van der Waals surface area contributed by atoms with E-state index >= 15 is 0 Å². The molecule has 0 unspecified atom stereocenters. The minimum atomic E-state index is -0.135. The van der Waals surface area contributed by atoms with Gasteiger partial charge in [0.2, 0.25) is 0 Å². The molecule has 3 heteroatoms. The number of benzene rings is 9. The van der Waals surface area contributed by atoms with Crippen LogP contribution in [-0.4, -0.2) is 14.5 Å². The predicted octanol–water partition coefficient (Wildman–Crippen LogP) is 16.5. The SMILES string of the molecule is CC1(C)c2ccccc2-c2ccc(-c3cc(-c4ccc5c(c4)c4ccccc4n5-c4ccccc4)cc(-c4cc(-c5ccc6c(c5)C(C)(C)c5ccccc5-6)nc(-c5ccccc5)n4)c3)cc21. The van der Waals surface area contributed by atoms with Gasteiger partial charge < -0.3 is 4.57 Å². The van der Waals surface area contributed by atoms with Crippen LogP contribution in [0.5, 0.6) is 0 Å². The number of aromatic nitrogens is 3. The summed E-state index contributed by atoms with van der Waals surface area (Å²) in [6, 6.07) is 77.7. The minimum absolute atomic E-state index is 0.127. The van der Waals surface area contributed by atoms with Gasteiger partial charge in [-0.15, -0.1) is 0 Å². The van der Waals surface area contributed by atoms with Gasteiger partial charge in [0, 0.05) is 44.0 Å². The molecule has 0 spiro atoms. The van der Waals surface area contributed by atoms with Gasteiger partial charge in [-0.1, -0.05) is 173 Å². The molecule has 0 radical (unpaired) electrons. The third-order valence-electron chi connectivity index (χ3n) is 14.8. The molecular formula is C64H47N3. The zero-order chi connectivity index (χ0) is 45.0. The van der Waals surface area contributed by atoms with Crippen LogP contribution in [0.2, 0.25) is 0 Å². The van der Waals surface area contributed by atoms with Crippen LogP contribution in [0.1, 0.15) is 49.9 Å². The second kappa shape index (κ2) is 14.7. The Bertz CT molecular complexity index is 3800. The third-order valence-corrected chi connectivity index (χ3v) is 14.8. The molecule has 13 rings (SSSR count). The number of rotatable bonds is 6. The van der Waals surface area contributed by atoms with E-state index in [1.165, 1.54) is 71.9 Å². The molecule has 0 amide bonds. The molecule has 2 aliphatic rings. The Labute approximate surface area is 391 Å². The maximum absolute atomic E-state index is 5.42. The lowest BCUT2D eigenvalue weighted by atomic mass is 9.81. The zero-order valence-electron chi connectivity index (χ0n) is 38.0. The van der Waals surface area contributed by atoms with Crippen LogP contribution < -0.4 is 0 Å². The summed E-state index contributed by atoms with van der Waals surface area (Å²) >= 11 is 0. The Balaban J connectivity index is 1.03. The first kappa shape index (κ1) is 39.2. The highest BCUT2D eigenvalue weighted by Gasteiger charge is 2.36. The quantitative estimate of drug-likeness (QED) is 0.167. The Kier molecular flexibility index (Phi) is 8.60. The van der Waals surface area contributed by atoms with Gasteiger partial charge in [0.25, 0.3) is 0 Å². The monoisotopic (exact) mass is 857 g/mol. The van der Waals surface area contributed by atoms with Gasteiger partial charge in [-0.3, -0.25) is 0 Å². The average Bonchev–Trinajstić information content (AvgIpc) is 3.92. The van der Waals surface area contributed by atoms with Gasteiger partial charge >= 0.3 is 0 Å². The third kappa shape index (κ3) is 6.11. The summed E-state index contributed by atoms with van der Waals surface area (Å²) in [6.45, 7) is 9.39. The maximum Gasteiger partial charge on any atom is 0.160 e. The Morgan fingerprint density at radius 1 is 0.313 bits per heavy atom. The lowest BCUT2D eigenvalue weighted by Crippen LogP contribution is -2.15. The molecule has 2 heterocycles. The molecule has 2 aliphatic carbocycles. The molecule has 0 saturated heterocycles. The van der Waals surface area contributed by atoms with Crippen molar-refractivity contribution in [3.8, 4) is 84.1 Å². The van der Waals surface area contributed by atoms with Crippen molar-refractivity contribution in [1.82, 2.24) is 14.5 Å². The lowest BCUT2D eigenvalue weighted by Gasteiger charge is -2.22. The number of hydrogen-bond acceptors (Lipinski definition) is 2. The summed E-state index contributed by atoms with van der Waals surface area (Å²) in [4.78, 5) is 10.8. The van der Waals surface area contributed by atoms with E-state index in [1.54, 1.807) is 0 Å². The fraction of sp³-hybridized carbons (Fsp3) is 0.0938. The van der Waals surface area contributed by atoms with Crippen molar-refractivity contribution in [1.29, 1.82) is 0 Å². The van der Waals surface area contributed by atoms with Crippen LogP contribution >= 0.6 is 0 Å². The molecule has 0 fully saturated rings. The highest BCUT2D eigenvalue weighted by Crippen LogP contribution is 2.51. The topological polar surface area (TPSA) is 30.7 Å². The lowest BCUT2D eigenvalue weighted by molar-refractivity contribution is 0.660. The standard InChI is InChI=1S/C64H47N3/c1-63(2)54-24-14-11-21-48(54)50-30-27-42(37-56(50)63)45-33-44(41-29-32-61-53(36-41)52-23-13-16-26-60(52)67(61)47-19-9-6-10-20-47)34-46(35-45)59-39-58(65-62(66-59)40-17-7-5-8-18-40)43-28-31-51-49-22-12-15-25-55(49)64(3,4)57(51)38-43/h5-39H,1-4H3. The molecule has 2 aromatic heterocycles. The van der Waals surface area contributed by atoms with Crippen LogP contribution in [0.15, 0.2) is 212 Å². The van der Waals surface area contributed by atoms with Crippen molar-refractivity contribution in [2.45, 2.75) is 38.5 Å².